The Balaban J connectivity index is 0.00000135. The summed E-state index contributed by atoms with van der Waals surface area (Å²) < 4.78 is 1.29. The molecule has 1 saturated carbocycles. The number of unbranched alkanes of at least 4 members (excludes halogenated alkanes) is 7. The van der Waals surface area contributed by atoms with Crippen LogP contribution in [0.1, 0.15) is 90.4 Å². The molecule has 4 heteroatoms. The van der Waals surface area contributed by atoms with Gasteiger partial charge in [-0.1, -0.05) is 56.9 Å². The Morgan fingerprint density at radius 1 is 0.818 bits per heavy atom. The van der Waals surface area contributed by atoms with E-state index in [0.717, 1.165) is 6.04 Å². The topological polar surface area (TPSA) is 49.7 Å². The fourth-order valence-corrected chi connectivity index (χ4v) is 3.62. The standard InChI is InChI=1S/C18H38N.H2O3/c1-4-5-6-7-8-9-10-14-17-19(2,3)18-15-12-11-13-16-18;1-3-2/h18H,4-17H2,1-3H3;1-2H/q+1;. The van der Waals surface area contributed by atoms with Crippen LogP contribution in [0, 0.1) is 0 Å². The van der Waals surface area contributed by atoms with E-state index in [1.54, 1.807) is 0 Å². The molecule has 1 aliphatic carbocycles. The lowest BCUT2D eigenvalue weighted by Gasteiger charge is -2.40. The fraction of sp³-hybridized carbons (Fsp3) is 1.00. The van der Waals surface area contributed by atoms with Gasteiger partial charge in [0.25, 0.3) is 0 Å². The van der Waals surface area contributed by atoms with Crippen molar-refractivity contribution in [2.45, 2.75) is 96.4 Å². The smallest absolute Gasteiger partial charge is 0.0886 e. The first-order valence-electron chi connectivity index (χ1n) is 9.36. The molecule has 0 spiro atoms. The van der Waals surface area contributed by atoms with Gasteiger partial charge < -0.3 is 4.48 Å². The highest BCUT2D eigenvalue weighted by molar-refractivity contribution is 4.65. The van der Waals surface area contributed by atoms with Gasteiger partial charge >= 0.3 is 0 Å². The van der Waals surface area contributed by atoms with Crippen LogP contribution >= 0.6 is 0 Å². The number of hydrogen-bond acceptors (Lipinski definition) is 3. The summed E-state index contributed by atoms with van der Waals surface area (Å²) in [5, 5.41) is 15.5. The predicted octanol–water partition coefficient (Wildman–Crippen LogP) is 5.49. The Labute approximate surface area is 137 Å². The molecule has 1 fully saturated rings. The van der Waals surface area contributed by atoms with E-state index in [1.807, 2.05) is 0 Å². The summed E-state index contributed by atoms with van der Waals surface area (Å²) in [4.78, 5) is 0. The summed E-state index contributed by atoms with van der Waals surface area (Å²) in [6, 6.07) is 0.957. The Morgan fingerprint density at radius 2 is 1.27 bits per heavy atom. The third kappa shape index (κ3) is 11.4. The fourth-order valence-electron chi connectivity index (χ4n) is 3.62. The normalized spacial score (nSPS) is 16.2. The Hall–Kier alpha value is -0.160. The first-order valence-corrected chi connectivity index (χ1v) is 9.36. The van der Waals surface area contributed by atoms with E-state index in [4.69, 9.17) is 10.5 Å². The summed E-state index contributed by atoms with van der Waals surface area (Å²) >= 11 is 0. The molecule has 0 unspecified atom stereocenters. The van der Waals surface area contributed by atoms with Crippen LogP contribution in [0.5, 0.6) is 0 Å². The van der Waals surface area contributed by atoms with Crippen LogP contribution in [0.4, 0.5) is 0 Å². The largest absolute Gasteiger partial charge is 0.326 e. The molecule has 0 saturated heterocycles. The van der Waals surface area contributed by atoms with Crippen LogP contribution in [0.25, 0.3) is 0 Å². The molecule has 0 aliphatic heterocycles. The van der Waals surface area contributed by atoms with Crippen molar-refractivity contribution in [1.82, 2.24) is 0 Å². The van der Waals surface area contributed by atoms with E-state index >= 15 is 0 Å². The summed E-state index contributed by atoms with van der Waals surface area (Å²) in [6.07, 6.45) is 19.0. The third-order valence-corrected chi connectivity index (χ3v) is 5.15. The molecule has 0 radical (unpaired) electrons. The second-order valence-electron chi connectivity index (χ2n) is 7.35. The van der Waals surface area contributed by atoms with Crippen LogP contribution < -0.4 is 0 Å². The molecule has 0 atom stereocenters. The number of nitrogens with zero attached hydrogens (tertiary/aromatic N) is 1. The van der Waals surface area contributed by atoms with Gasteiger partial charge in [-0.2, -0.15) is 0 Å². The maximum Gasteiger partial charge on any atom is 0.0886 e. The molecule has 4 nitrogen and oxygen atoms in total. The molecular formula is C18H40NO3+. The zero-order chi connectivity index (χ0) is 16.7. The Morgan fingerprint density at radius 3 is 1.77 bits per heavy atom. The van der Waals surface area contributed by atoms with E-state index in [0.29, 0.717) is 0 Å². The van der Waals surface area contributed by atoms with Crippen molar-refractivity contribution in [1.29, 1.82) is 0 Å². The van der Waals surface area contributed by atoms with Gasteiger partial charge in [-0.25, -0.2) is 10.5 Å². The maximum absolute atomic E-state index is 6.62. The van der Waals surface area contributed by atoms with Crippen LogP contribution in [-0.4, -0.2) is 41.7 Å². The highest BCUT2D eigenvalue weighted by atomic mass is 17.4. The van der Waals surface area contributed by atoms with Crippen molar-refractivity contribution in [2.24, 2.45) is 0 Å². The van der Waals surface area contributed by atoms with Crippen LogP contribution in [0.3, 0.4) is 0 Å². The summed E-state index contributed by atoms with van der Waals surface area (Å²) in [6.45, 7) is 3.70. The lowest BCUT2D eigenvalue weighted by atomic mass is 9.93. The van der Waals surface area contributed by atoms with Crippen molar-refractivity contribution in [3.05, 3.63) is 0 Å². The number of quaternary nitrogens is 1. The minimum atomic E-state index is 0.957. The monoisotopic (exact) mass is 318 g/mol. The van der Waals surface area contributed by atoms with Crippen LogP contribution in [0.15, 0.2) is 0 Å². The third-order valence-electron chi connectivity index (χ3n) is 5.15. The maximum atomic E-state index is 6.62. The molecule has 0 aromatic rings. The van der Waals surface area contributed by atoms with Crippen LogP contribution in [-0.2, 0) is 5.04 Å². The first-order chi connectivity index (χ1) is 10.6. The molecule has 0 aromatic heterocycles. The molecular weight excluding hydrogens is 278 g/mol. The Kier molecular flexibility index (Phi) is 14.3. The number of hydrogen-bond donors (Lipinski definition) is 2. The quantitative estimate of drug-likeness (QED) is 0.242. The Bertz CT molecular complexity index is 228. The van der Waals surface area contributed by atoms with Gasteiger partial charge in [0.15, 0.2) is 0 Å². The highest BCUT2D eigenvalue weighted by Gasteiger charge is 2.28. The molecule has 0 heterocycles. The van der Waals surface area contributed by atoms with Crippen molar-refractivity contribution in [3.63, 3.8) is 0 Å². The second-order valence-corrected chi connectivity index (χ2v) is 7.35. The molecule has 22 heavy (non-hydrogen) atoms. The van der Waals surface area contributed by atoms with Gasteiger partial charge in [-0.15, -0.1) is 0 Å². The van der Waals surface area contributed by atoms with Crippen molar-refractivity contribution in [3.8, 4) is 0 Å². The molecule has 0 aromatic carbocycles. The van der Waals surface area contributed by atoms with E-state index in [-0.39, 0.29) is 0 Å². The lowest BCUT2D eigenvalue weighted by molar-refractivity contribution is -0.916. The molecule has 134 valence electrons. The van der Waals surface area contributed by atoms with Crippen molar-refractivity contribution in [2.75, 3.05) is 20.6 Å². The molecule has 2 N–H and O–H groups in total. The van der Waals surface area contributed by atoms with Gasteiger partial charge in [-0.05, 0) is 38.5 Å². The van der Waals surface area contributed by atoms with Crippen molar-refractivity contribution < 1.29 is 20.0 Å². The molecule has 1 rings (SSSR count). The van der Waals surface area contributed by atoms with E-state index in [1.165, 1.54) is 94.5 Å². The van der Waals surface area contributed by atoms with Gasteiger partial charge in [0.2, 0.25) is 0 Å². The van der Waals surface area contributed by atoms with Crippen molar-refractivity contribution >= 4 is 0 Å². The average molecular weight is 319 g/mol. The van der Waals surface area contributed by atoms with E-state index in [2.05, 4.69) is 26.1 Å². The van der Waals surface area contributed by atoms with Gasteiger partial charge in [-0.3, -0.25) is 0 Å². The summed E-state index contributed by atoms with van der Waals surface area (Å²) in [7, 11) is 4.94. The molecule has 0 bridgehead atoms. The minimum absolute atomic E-state index is 0.957. The summed E-state index contributed by atoms with van der Waals surface area (Å²) in [5.74, 6) is 0. The zero-order valence-electron chi connectivity index (χ0n) is 15.2. The van der Waals surface area contributed by atoms with Gasteiger partial charge in [0.05, 0.1) is 26.7 Å². The second kappa shape index (κ2) is 14.4. The molecule has 0 amide bonds. The average Bonchev–Trinajstić information content (AvgIpc) is 2.51. The zero-order valence-corrected chi connectivity index (χ0v) is 15.2. The van der Waals surface area contributed by atoms with Gasteiger partial charge in [0, 0.05) is 0 Å². The van der Waals surface area contributed by atoms with Crippen LogP contribution in [0.2, 0.25) is 0 Å². The van der Waals surface area contributed by atoms with E-state index < -0.39 is 0 Å². The predicted molar refractivity (Wildman–Crippen MR) is 92.8 cm³/mol. The number of rotatable bonds is 10. The molecule has 1 aliphatic rings. The minimum Gasteiger partial charge on any atom is -0.326 e. The van der Waals surface area contributed by atoms with E-state index in [9.17, 15) is 0 Å². The highest BCUT2D eigenvalue weighted by Crippen LogP contribution is 2.26. The SMILES string of the molecule is CCCCCCCCCC[N+](C)(C)C1CCCCC1.OOO. The first kappa shape index (κ1) is 21.8. The van der Waals surface area contributed by atoms with Gasteiger partial charge in [0.1, 0.15) is 0 Å². The lowest BCUT2D eigenvalue weighted by Crippen LogP contribution is -2.50. The summed E-state index contributed by atoms with van der Waals surface area (Å²) in [5.41, 5.74) is 0.